The van der Waals surface area contributed by atoms with Crippen molar-refractivity contribution in [2.24, 2.45) is 0 Å². The summed E-state index contributed by atoms with van der Waals surface area (Å²) < 4.78 is 12.9. The van der Waals surface area contributed by atoms with E-state index in [1.807, 2.05) is 84.9 Å². The molecule has 0 bridgehead atoms. The molecule has 0 unspecified atom stereocenters. The van der Waals surface area contributed by atoms with E-state index in [4.69, 9.17) is 23.8 Å². The smallest absolute Gasteiger partial charge is 0.167 e. The minimum Gasteiger partial charge on any atom is -0.456 e. The molecule has 0 fully saturated rings. The number of fused-ring (bicyclic) bond motifs is 6. The summed E-state index contributed by atoms with van der Waals surface area (Å²) in [7, 11) is 0. The standard InChI is InChI=1S/C47H29N3O2/c1-2-29-18-20-30(21-19-29)31-22-24-32(25-23-31)34-26-27-41-39(28-34)43-37(14-9-17-42(43)51-41)46-48-45(33-10-4-3-5-11-33)49-47(50-46)38-15-8-13-36-35-12-6-7-16-40(35)52-44(36)38/h2-28H,1H2. The zero-order valence-electron chi connectivity index (χ0n) is 28.0. The quantitative estimate of drug-likeness (QED) is 0.177. The lowest BCUT2D eigenvalue weighted by molar-refractivity contribution is 0.668. The van der Waals surface area contributed by atoms with Gasteiger partial charge in [-0.15, -0.1) is 0 Å². The lowest BCUT2D eigenvalue weighted by Crippen LogP contribution is -2.00. The number of benzene rings is 7. The van der Waals surface area contributed by atoms with Gasteiger partial charge in [0.2, 0.25) is 0 Å². The number of furan rings is 2. The first-order valence-electron chi connectivity index (χ1n) is 17.2. The summed E-state index contributed by atoms with van der Waals surface area (Å²) in [6, 6.07) is 53.7. The number of hydrogen-bond acceptors (Lipinski definition) is 5. The minimum absolute atomic E-state index is 0.540. The van der Waals surface area contributed by atoms with Crippen molar-refractivity contribution < 1.29 is 8.83 Å². The van der Waals surface area contributed by atoms with E-state index < -0.39 is 0 Å². The molecule has 10 rings (SSSR count). The predicted molar refractivity (Wildman–Crippen MR) is 212 cm³/mol. The Morgan fingerprint density at radius 2 is 0.981 bits per heavy atom. The molecule has 0 radical (unpaired) electrons. The van der Waals surface area contributed by atoms with E-state index in [-0.39, 0.29) is 0 Å². The largest absolute Gasteiger partial charge is 0.456 e. The molecule has 0 aliphatic carbocycles. The lowest BCUT2D eigenvalue weighted by Gasteiger charge is -2.10. The predicted octanol–water partition coefficient (Wildman–Crippen LogP) is 12.6. The Bertz CT molecular complexity index is 2960. The van der Waals surface area contributed by atoms with E-state index in [1.54, 1.807) is 0 Å². The second kappa shape index (κ2) is 12.0. The van der Waals surface area contributed by atoms with Crippen molar-refractivity contribution in [3.63, 3.8) is 0 Å². The normalized spacial score (nSPS) is 11.5. The average Bonchev–Trinajstić information content (AvgIpc) is 3.79. The maximum Gasteiger partial charge on any atom is 0.167 e. The minimum atomic E-state index is 0.540. The number of para-hydroxylation sites is 2. The molecule has 0 aliphatic rings. The molecular weight excluding hydrogens is 639 g/mol. The summed E-state index contributed by atoms with van der Waals surface area (Å²) in [4.78, 5) is 15.3. The maximum absolute atomic E-state index is 6.43. The maximum atomic E-state index is 6.43. The van der Waals surface area contributed by atoms with E-state index in [9.17, 15) is 0 Å². The van der Waals surface area contributed by atoms with Gasteiger partial charge in [0.05, 0.1) is 5.56 Å². The molecule has 52 heavy (non-hydrogen) atoms. The topological polar surface area (TPSA) is 65.0 Å². The molecule has 0 N–H and O–H groups in total. The Hall–Kier alpha value is -7.11. The number of rotatable bonds is 6. The van der Waals surface area contributed by atoms with E-state index in [1.165, 1.54) is 5.56 Å². The summed E-state index contributed by atoms with van der Waals surface area (Å²) in [5, 5.41) is 4.02. The zero-order chi connectivity index (χ0) is 34.6. The van der Waals surface area contributed by atoms with Crippen molar-refractivity contribution in [3.8, 4) is 56.4 Å². The number of aromatic nitrogens is 3. The highest BCUT2D eigenvalue weighted by Crippen LogP contribution is 2.40. The van der Waals surface area contributed by atoms with Crippen LogP contribution in [-0.4, -0.2) is 15.0 Å². The van der Waals surface area contributed by atoms with Gasteiger partial charge >= 0.3 is 0 Å². The van der Waals surface area contributed by atoms with Gasteiger partial charge in [0.25, 0.3) is 0 Å². The van der Waals surface area contributed by atoms with Gasteiger partial charge in [0, 0.05) is 32.7 Å². The molecule has 0 atom stereocenters. The van der Waals surface area contributed by atoms with Crippen LogP contribution in [0.2, 0.25) is 0 Å². The molecule has 0 saturated carbocycles. The van der Waals surface area contributed by atoms with Crippen molar-refractivity contribution >= 4 is 50.0 Å². The van der Waals surface area contributed by atoms with Gasteiger partial charge in [-0.1, -0.05) is 140 Å². The molecule has 0 spiro atoms. The Kier molecular flexibility index (Phi) is 6.89. The molecule has 0 amide bonds. The van der Waals surface area contributed by atoms with Crippen LogP contribution in [0, 0.1) is 0 Å². The van der Waals surface area contributed by atoms with Crippen LogP contribution >= 0.6 is 0 Å². The van der Waals surface area contributed by atoms with Crippen LogP contribution < -0.4 is 0 Å². The Morgan fingerprint density at radius 3 is 1.77 bits per heavy atom. The van der Waals surface area contributed by atoms with Gasteiger partial charge in [0.15, 0.2) is 17.5 Å². The van der Waals surface area contributed by atoms with E-state index >= 15 is 0 Å². The molecule has 3 aromatic heterocycles. The third kappa shape index (κ3) is 4.98. The van der Waals surface area contributed by atoms with Gasteiger partial charge in [-0.25, -0.2) is 15.0 Å². The van der Waals surface area contributed by atoms with Gasteiger partial charge in [-0.3, -0.25) is 0 Å². The van der Waals surface area contributed by atoms with Crippen LogP contribution in [0.25, 0.3) is 106 Å². The van der Waals surface area contributed by atoms with Crippen molar-refractivity contribution in [2.75, 3.05) is 0 Å². The fraction of sp³-hybridized carbons (Fsp3) is 0. The molecule has 244 valence electrons. The van der Waals surface area contributed by atoms with Crippen molar-refractivity contribution in [3.05, 3.63) is 170 Å². The van der Waals surface area contributed by atoms with E-state index in [0.717, 1.165) is 82.8 Å². The fourth-order valence-electron chi connectivity index (χ4n) is 7.12. The third-order valence-corrected chi connectivity index (χ3v) is 9.75. The Labute approximate surface area is 299 Å². The van der Waals surface area contributed by atoms with Crippen molar-refractivity contribution in [1.82, 2.24) is 15.0 Å². The first-order chi connectivity index (χ1) is 25.7. The molecule has 5 nitrogen and oxygen atoms in total. The van der Waals surface area contributed by atoms with Crippen molar-refractivity contribution in [1.29, 1.82) is 0 Å². The highest BCUT2D eigenvalue weighted by atomic mass is 16.3. The second-order valence-corrected chi connectivity index (χ2v) is 12.8. The van der Waals surface area contributed by atoms with E-state index in [0.29, 0.717) is 17.5 Å². The lowest BCUT2D eigenvalue weighted by atomic mass is 9.98. The average molecular weight is 668 g/mol. The Morgan fingerprint density at radius 1 is 0.404 bits per heavy atom. The molecule has 10 aromatic rings. The first-order valence-corrected chi connectivity index (χ1v) is 17.2. The SMILES string of the molecule is C=Cc1ccc(-c2ccc(-c3ccc4oc5cccc(-c6nc(-c7ccccc7)nc(-c7cccc8c7oc7ccccc78)n6)c5c4c3)cc2)cc1. The monoisotopic (exact) mass is 667 g/mol. The third-order valence-electron chi connectivity index (χ3n) is 9.75. The number of nitrogens with zero attached hydrogens (tertiary/aromatic N) is 3. The van der Waals surface area contributed by atoms with Crippen LogP contribution in [0.5, 0.6) is 0 Å². The molecule has 7 aromatic carbocycles. The molecule has 5 heteroatoms. The van der Waals surface area contributed by atoms with E-state index in [2.05, 4.69) is 85.4 Å². The Balaban J connectivity index is 1.13. The molecule has 3 heterocycles. The summed E-state index contributed by atoms with van der Waals surface area (Å²) in [5.74, 6) is 1.68. The second-order valence-electron chi connectivity index (χ2n) is 12.8. The molecular formula is C47H29N3O2. The highest BCUT2D eigenvalue weighted by Gasteiger charge is 2.20. The highest BCUT2D eigenvalue weighted by molar-refractivity contribution is 6.13. The van der Waals surface area contributed by atoms with Crippen LogP contribution in [0.1, 0.15) is 5.56 Å². The van der Waals surface area contributed by atoms with Crippen LogP contribution in [0.4, 0.5) is 0 Å². The van der Waals surface area contributed by atoms with Crippen LogP contribution in [0.15, 0.2) is 173 Å². The van der Waals surface area contributed by atoms with Gasteiger partial charge in [-0.2, -0.15) is 0 Å². The van der Waals surface area contributed by atoms with Gasteiger partial charge < -0.3 is 8.83 Å². The summed E-state index contributed by atoms with van der Waals surface area (Å²) in [6.45, 7) is 3.87. The summed E-state index contributed by atoms with van der Waals surface area (Å²) >= 11 is 0. The number of hydrogen-bond donors (Lipinski definition) is 0. The fourth-order valence-corrected chi connectivity index (χ4v) is 7.12. The van der Waals surface area contributed by atoms with Gasteiger partial charge in [0.1, 0.15) is 22.3 Å². The molecule has 0 saturated heterocycles. The summed E-state index contributed by atoms with van der Waals surface area (Å²) in [5.41, 5.74) is 11.4. The first kappa shape index (κ1) is 29.8. The zero-order valence-corrected chi connectivity index (χ0v) is 28.0. The molecule has 0 aliphatic heterocycles. The van der Waals surface area contributed by atoms with Crippen LogP contribution in [0.3, 0.4) is 0 Å². The van der Waals surface area contributed by atoms with Gasteiger partial charge in [-0.05, 0) is 58.1 Å². The van der Waals surface area contributed by atoms with Crippen molar-refractivity contribution in [2.45, 2.75) is 0 Å². The summed E-state index contributed by atoms with van der Waals surface area (Å²) in [6.07, 6.45) is 1.86. The van der Waals surface area contributed by atoms with Crippen LogP contribution in [-0.2, 0) is 0 Å².